The topological polar surface area (TPSA) is 169 Å². The van der Waals surface area contributed by atoms with E-state index < -0.39 is 30.0 Å². The molecule has 3 aliphatic heterocycles. The third kappa shape index (κ3) is 3.36. The molecule has 7 rings (SSSR count). The van der Waals surface area contributed by atoms with Crippen molar-refractivity contribution in [2.24, 2.45) is 0 Å². The zero-order valence-electron chi connectivity index (χ0n) is 20.7. The Morgan fingerprint density at radius 3 is 1.98 bits per heavy atom. The fourth-order valence-corrected chi connectivity index (χ4v) is 5.99. The Morgan fingerprint density at radius 1 is 0.675 bits per heavy atom. The lowest BCUT2D eigenvalue weighted by molar-refractivity contribution is -0.219. The summed E-state index contributed by atoms with van der Waals surface area (Å²) < 4.78 is 18.9. The molecule has 4 aromatic carbocycles. The van der Waals surface area contributed by atoms with E-state index in [0.29, 0.717) is 22.3 Å². The average molecular weight is 545 g/mol. The molecule has 10 nitrogen and oxygen atoms in total. The quantitative estimate of drug-likeness (QED) is 0.199. The number of phenols is 5. The van der Waals surface area contributed by atoms with E-state index in [2.05, 4.69) is 0 Å². The van der Waals surface area contributed by atoms with Gasteiger partial charge in [0.15, 0.2) is 0 Å². The van der Waals surface area contributed by atoms with Crippen molar-refractivity contribution in [3.05, 3.63) is 94.5 Å². The molecule has 3 aliphatic rings. The summed E-state index contributed by atoms with van der Waals surface area (Å²) in [7, 11) is 0. The van der Waals surface area contributed by atoms with Crippen molar-refractivity contribution in [2.45, 2.75) is 36.4 Å². The lowest BCUT2D eigenvalue weighted by Gasteiger charge is -2.50. The molecule has 5 atom stereocenters. The van der Waals surface area contributed by atoms with Crippen LogP contribution in [0.1, 0.15) is 39.8 Å². The van der Waals surface area contributed by atoms with Gasteiger partial charge in [-0.1, -0.05) is 12.1 Å². The van der Waals surface area contributed by atoms with Crippen LogP contribution in [0.25, 0.3) is 0 Å². The second kappa shape index (κ2) is 8.35. The van der Waals surface area contributed by atoms with Gasteiger partial charge < -0.3 is 50.0 Å². The number of rotatable bonds is 2. The third-order valence-electron chi connectivity index (χ3n) is 7.82. The van der Waals surface area contributed by atoms with Crippen molar-refractivity contribution in [3.63, 3.8) is 0 Å². The Morgan fingerprint density at radius 2 is 1.30 bits per heavy atom. The highest BCUT2D eigenvalue weighted by Crippen LogP contribution is 2.62. The maximum Gasteiger partial charge on any atom is 0.305 e. The monoisotopic (exact) mass is 544 g/mol. The van der Waals surface area contributed by atoms with Crippen molar-refractivity contribution in [1.29, 1.82) is 0 Å². The largest absolute Gasteiger partial charge is 0.508 e. The summed E-state index contributed by atoms with van der Waals surface area (Å²) in [4.78, 5) is 0. The lowest BCUT2D eigenvalue weighted by Crippen LogP contribution is -2.57. The Hall–Kier alpha value is -4.80. The summed E-state index contributed by atoms with van der Waals surface area (Å²) in [6, 6.07) is 15.8. The highest BCUT2D eigenvalue weighted by Gasteiger charge is 2.60. The smallest absolute Gasteiger partial charge is 0.305 e. The number of aliphatic hydroxyl groups excluding tert-OH is 2. The molecule has 0 amide bonds. The third-order valence-corrected chi connectivity index (χ3v) is 7.82. The Bertz CT molecular complexity index is 1650. The Kier molecular flexibility index (Phi) is 5.06. The van der Waals surface area contributed by atoms with Crippen molar-refractivity contribution < 1.29 is 50.0 Å². The first-order valence-electron chi connectivity index (χ1n) is 12.6. The Balaban J connectivity index is 1.47. The first-order valence-corrected chi connectivity index (χ1v) is 12.6. The molecule has 1 unspecified atom stereocenters. The predicted molar refractivity (Wildman–Crippen MR) is 138 cm³/mol. The second-order valence-corrected chi connectivity index (χ2v) is 10.2. The molecule has 0 aromatic heterocycles. The van der Waals surface area contributed by atoms with Gasteiger partial charge in [-0.2, -0.15) is 0 Å². The SMILES string of the molecule is Oc1ccc([C@H]2Oc3c(c(O)cc4c3[C@@H]3c5c(O)cc(O)cc5OC(c5ccc(O)cc5)(O4)[C@H]3O)C[C@H]2O)cc1. The van der Waals surface area contributed by atoms with Crippen LogP contribution in [0.3, 0.4) is 0 Å². The number of aromatic hydroxyl groups is 5. The molecule has 0 saturated carbocycles. The van der Waals surface area contributed by atoms with Crippen LogP contribution >= 0.6 is 0 Å². The van der Waals surface area contributed by atoms with Crippen LogP contribution in [-0.4, -0.2) is 48.0 Å². The van der Waals surface area contributed by atoms with Crippen LogP contribution < -0.4 is 14.2 Å². The zero-order valence-corrected chi connectivity index (χ0v) is 20.7. The van der Waals surface area contributed by atoms with E-state index in [0.717, 1.165) is 6.07 Å². The first-order chi connectivity index (χ1) is 19.2. The molecule has 204 valence electrons. The summed E-state index contributed by atoms with van der Waals surface area (Å²) >= 11 is 0. The van der Waals surface area contributed by atoms with E-state index in [4.69, 9.17) is 14.2 Å². The van der Waals surface area contributed by atoms with Gasteiger partial charge in [-0.15, -0.1) is 0 Å². The standard InChI is InChI=1S/C30H24O10/c31-15-5-1-13(2-6-15)27-21(36)11-18-19(34)12-23-25(28(18)38-27)26-24-20(35)9-17(33)10-22(24)39-30(40-23,29(26)37)14-3-7-16(32)8-4-14/h1-10,12,21,26-27,29,31-37H,11H2/t21-,26+,27-,29+,30?/m1/s1. The van der Waals surface area contributed by atoms with E-state index in [1.54, 1.807) is 12.1 Å². The van der Waals surface area contributed by atoms with E-state index in [9.17, 15) is 35.7 Å². The van der Waals surface area contributed by atoms with Crippen LogP contribution in [0, 0.1) is 0 Å². The molecule has 40 heavy (non-hydrogen) atoms. The van der Waals surface area contributed by atoms with Crippen LogP contribution in [0.4, 0.5) is 0 Å². The van der Waals surface area contributed by atoms with Crippen molar-refractivity contribution >= 4 is 0 Å². The minimum atomic E-state index is -1.89. The minimum absolute atomic E-state index is 0.0107. The van der Waals surface area contributed by atoms with Crippen molar-refractivity contribution in [1.82, 2.24) is 0 Å². The molecular formula is C30H24O10. The fraction of sp³-hybridized carbons (Fsp3) is 0.200. The summed E-state index contributed by atoms with van der Waals surface area (Å²) in [5.74, 6) is -3.36. The summed E-state index contributed by atoms with van der Waals surface area (Å²) in [6.07, 6.45) is -3.38. The molecule has 7 N–H and O–H groups in total. The zero-order chi connectivity index (χ0) is 27.9. The van der Waals surface area contributed by atoms with Crippen LogP contribution in [0.5, 0.6) is 46.0 Å². The molecule has 0 spiro atoms. The van der Waals surface area contributed by atoms with Crippen LogP contribution in [0.15, 0.2) is 66.7 Å². The van der Waals surface area contributed by atoms with Crippen LogP contribution in [-0.2, 0) is 12.2 Å². The van der Waals surface area contributed by atoms with Gasteiger partial charge in [-0.25, -0.2) is 0 Å². The molecule has 10 heteroatoms. The second-order valence-electron chi connectivity index (χ2n) is 10.2. The molecule has 0 saturated heterocycles. The van der Waals surface area contributed by atoms with Gasteiger partial charge in [0.05, 0.1) is 12.0 Å². The van der Waals surface area contributed by atoms with Gasteiger partial charge in [0.1, 0.15) is 58.2 Å². The van der Waals surface area contributed by atoms with E-state index in [-0.39, 0.29) is 58.0 Å². The predicted octanol–water partition coefficient (Wildman–Crippen LogP) is 3.38. The highest BCUT2D eigenvalue weighted by molar-refractivity contribution is 5.67. The van der Waals surface area contributed by atoms with Gasteiger partial charge >= 0.3 is 5.79 Å². The number of fused-ring (bicyclic) bond motifs is 8. The average Bonchev–Trinajstić information content (AvgIpc) is 2.90. The normalized spacial score (nSPS) is 25.9. The lowest BCUT2D eigenvalue weighted by atomic mass is 9.74. The van der Waals surface area contributed by atoms with Gasteiger partial charge in [0, 0.05) is 46.9 Å². The van der Waals surface area contributed by atoms with Gasteiger partial charge in [-0.3, -0.25) is 0 Å². The maximum absolute atomic E-state index is 11.9. The maximum atomic E-state index is 11.9. The summed E-state index contributed by atoms with van der Waals surface area (Å²) in [5.41, 5.74) is 1.69. The van der Waals surface area contributed by atoms with E-state index in [1.807, 2.05) is 0 Å². The molecule has 3 heterocycles. The molecule has 0 fully saturated rings. The highest BCUT2D eigenvalue weighted by atomic mass is 16.7. The Labute approximate surface area is 227 Å². The molecule has 4 aromatic rings. The number of hydrogen-bond donors (Lipinski definition) is 7. The van der Waals surface area contributed by atoms with Crippen molar-refractivity contribution in [3.8, 4) is 46.0 Å². The van der Waals surface area contributed by atoms with E-state index >= 15 is 0 Å². The number of ether oxygens (including phenoxy) is 3. The number of aliphatic hydroxyl groups is 2. The van der Waals surface area contributed by atoms with Gasteiger partial charge in [0.2, 0.25) is 0 Å². The van der Waals surface area contributed by atoms with Crippen LogP contribution in [0.2, 0.25) is 0 Å². The van der Waals surface area contributed by atoms with Crippen molar-refractivity contribution in [2.75, 3.05) is 0 Å². The number of hydrogen-bond acceptors (Lipinski definition) is 10. The fourth-order valence-electron chi connectivity index (χ4n) is 5.99. The minimum Gasteiger partial charge on any atom is -0.508 e. The molecular weight excluding hydrogens is 520 g/mol. The number of phenolic OH excluding ortho intramolecular Hbond substituents is 5. The number of benzene rings is 4. The summed E-state index contributed by atoms with van der Waals surface area (Å²) in [5, 5.41) is 74.7. The van der Waals surface area contributed by atoms with E-state index in [1.165, 1.54) is 48.5 Å². The summed E-state index contributed by atoms with van der Waals surface area (Å²) in [6.45, 7) is 0. The van der Waals surface area contributed by atoms with Gasteiger partial charge in [0.25, 0.3) is 0 Å². The molecule has 2 bridgehead atoms. The molecule has 0 radical (unpaired) electrons. The van der Waals surface area contributed by atoms with Gasteiger partial charge in [-0.05, 0) is 42.0 Å². The molecule has 0 aliphatic carbocycles. The first kappa shape index (κ1) is 24.3.